The van der Waals surface area contributed by atoms with Crippen molar-refractivity contribution < 1.29 is 32.9 Å². The van der Waals surface area contributed by atoms with Crippen LogP contribution in [0.1, 0.15) is 290 Å². The summed E-state index contributed by atoms with van der Waals surface area (Å²) in [5, 5.41) is 14.1. The third-order valence-electron chi connectivity index (χ3n) is 14.4. The summed E-state index contributed by atoms with van der Waals surface area (Å²) in [6.45, 7) is 4.80. The molecule has 0 spiro atoms. The molecule has 0 saturated carbocycles. The molecule has 0 heterocycles. The van der Waals surface area contributed by atoms with E-state index in [0.717, 1.165) is 89.9 Å². The second kappa shape index (κ2) is 58.3. The number of hydrogen-bond acceptors (Lipinski definition) is 5. The van der Waals surface area contributed by atoms with E-state index < -0.39 is 20.0 Å². The Balaban J connectivity index is 4.14. The van der Waals surface area contributed by atoms with Crippen LogP contribution < -0.4 is 5.32 Å². The summed E-state index contributed by atoms with van der Waals surface area (Å²) in [6.07, 6.45) is 82.3. The van der Waals surface area contributed by atoms with Gasteiger partial charge in [0, 0.05) is 6.42 Å². The molecular formula is C68H126N2O6P+. The number of carbonyl (C=O) groups excluding carboxylic acids is 1. The largest absolute Gasteiger partial charge is 0.472 e. The first-order valence-corrected chi connectivity index (χ1v) is 33.9. The first kappa shape index (κ1) is 74.7. The Morgan fingerprint density at radius 3 is 1.14 bits per heavy atom. The summed E-state index contributed by atoms with van der Waals surface area (Å²) in [4.78, 5) is 23.4. The summed E-state index contributed by atoms with van der Waals surface area (Å²) in [5.41, 5.74) is 0. The third-order valence-corrected chi connectivity index (χ3v) is 15.4. The minimum absolute atomic E-state index is 0.0703. The van der Waals surface area contributed by atoms with Gasteiger partial charge in [-0.3, -0.25) is 13.8 Å². The SMILES string of the molecule is CC/C=C\C/C=C\C/C=C\C/C=C\C/C=C\C/C=C\C/C=C\CCCCCCCCCCCC(=O)NC(COP(=O)(O)OCC[N+](C)(C)C)C(O)CCCCCCCCCCCCCCCCCCCCCCCCCC. The zero-order valence-electron chi connectivity index (χ0n) is 51.2. The van der Waals surface area contributed by atoms with Gasteiger partial charge in [0.15, 0.2) is 0 Å². The normalized spacial score (nSPS) is 14.3. The van der Waals surface area contributed by atoms with Crippen LogP contribution in [0.25, 0.3) is 0 Å². The molecule has 3 atom stereocenters. The van der Waals surface area contributed by atoms with Gasteiger partial charge in [-0.1, -0.05) is 298 Å². The van der Waals surface area contributed by atoms with E-state index in [1.165, 1.54) is 173 Å². The quantitative estimate of drug-likeness (QED) is 0.0243. The lowest BCUT2D eigenvalue weighted by Crippen LogP contribution is -2.46. The molecular weight excluding hydrogens is 972 g/mol. The van der Waals surface area contributed by atoms with Crippen LogP contribution in [0.3, 0.4) is 0 Å². The van der Waals surface area contributed by atoms with E-state index in [9.17, 15) is 19.4 Å². The molecule has 0 aromatic rings. The molecule has 0 saturated heterocycles. The number of carbonyl (C=O) groups is 1. The molecule has 77 heavy (non-hydrogen) atoms. The maximum absolute atomic E-state index is 13.1. The van der Waals surface area contributed by atoms with Crippen molar-refractivity contribution in [3.05, 3.63) is 85.1 Å². The number of aliphatic hydroxyl groups is 1. The van der Waals surface area contributed by atoms with E-state index in [4.69, 9.17) is 9.05 Å². The molecule has 8 nitrogen and oxygen atoms in total. The standard InChI is InChI=1S/C68H125N2O6P/c1-6-8-10-12-14-16-18-20-22-24-26-28-30-32-33-34-35-36-37-38-40-42-44-46-48-50-52-54-56-58-60-62-68(72)69-66(65-76-77(73,74)75-64-63-70(3,4)5)67(71)61-59-57-55-53-51-49-47-45-43-41-39-31-29-27-25-23-21-19-17-15-13-11-9-7-2/h8,10,14,16,20,22,26,28,32-33,35-36,38,40,66-67,71H,6-7,9,11-13,15,17-19,21,23-25,27,29-31,34,37,39,41-65H2,1-5H3,(H-,69,72,73,74)/p+1/b10-8-,16-14-,22-20-,28-26-,33-32-,36-35-,40-38-. The summed E-state index contributed by atoms with van der Waals surface area (Å²) in [5.74, 6) is -0.151. The van der Waals surface area contributed by atoms with E-state index in [-0.39, 0.29) is 19.1 Å². The predicted molar refractivity (Wildman–Crippen MR) is 336 cm³/mol. The van der Waals surface area contributed by atoms with Gasteiger partial charge in [-0.25, -0.2) is 4.57 Å². The monoisotopic (exact) mass is 1100 g/mol. The number of amides is 1. The van der Waals surface area contributed by atoms with E-state index >= 15 is 0 Å². The van der Waals surface area contributed by atoms with Gasteiger partial charge in [0.1, 0.15) is 13.2 Å². The third kappa shape index (κ3) is 61.2. The number of hydrogen-bond donors (Lipinski definition) is 3. The van der Waals surface area contributed by atoms with E-state index in [1.807, 2.05) is 21.1 Å². The van der Waals surface area contributed by atoms with Gasteiger partial charge in [0.2, 0.25) is 5.91 Å². The zero-order chi connectivity index (χ0) is 56.3. The van der Waals surface area contributed by atoms with Crippen LogP contribution in [0.5, 0.6) is 0 Å². The highest BCUT2D eigenvalue weighted by Crippen LogP contribution is 2.43. The highest BCUT2D eigenvalue weighted by atomic mass is 31.2. The number of quaternary nitrogens is 1. The molecule has 0 rings (SSSR count). The summed E-state index contributed by atoms with van der Waals surface area (Å²) in [6, 6.07) is -0.771. The Labute approximate surface area is 477 Å². The Hall–Kier alpha value is -2.32. The number of allylic oxidation sites excluding steroid dienone is 14. The second-order valence-electron chi connectivity index (χ2n) is 23.1. The molecule has 0 aromatic carbocycles. The van der Waals surface area contributed by atoms with Gasteiger partial charge in [0.05, 0.1) is 39.9 Å². The van der Waals surface area contributed by atoms with Crippen LogP contribution in [-0.2, 0) is 18.4 Å². The van der Waals surface area contributed by atoms with Gasteiger partial charge in [-0.15, -0.1) is 0 Å². The summed E-state index contributed by atoms with van der Waals surface area (Å²) >= 11 is 0. The van der Waals surface area contributed by atoms with Crippen LogP contribution in [-0.4, -0.2) is 73.4 Å². The average molecular weight is 1100 g/mol. The molecule has 0 aliphatic heterocycles. The van der Waals surface area contributed by atoms with Crippen LogP contribution in [0.4, 0.5) is 0 Å². The molecule has 0 radical (unpaired) electrons. The lowest BCUT2D eigenvalue weighted by molar-refractivity contribution is -0.870. The Morgan fingerprint density at radius 1 is 0.455 bits per heavy atom. The summed E-state index contributed by atoms with van der Waals surface area (Å²) in [7, 11) is 1.61. The smallest absolute Gasteiger partial charge is 0.391 e. The van der Waals surface area contributed by atoms with Gasteiger partial charge in [0.25, 0.3) is 0 Å². The van der Waals surface area contributed by atoms with E-state index in [0.29, 0.717) is 23.9 Å². The topological polar surface area (TPSA) is 105 Å². The number of unbranched alkanes of at least 4 members (excludes halogenated alkanes) is 32. The van der Waals surface area contributed by atoms with Crippen LogP contribution in [0.2, 0.25) is 0 Å². The fourth-order valence-corrected chi connectivity index (χ4v) is 10.1. The zero-order valence-corrected chi connectivity index (χ0v) is 52.1. The Kier molecular flexibility index (Phi) is 56.6. The number of rotatable bonds is 59. The number of phosphoric ester groups is 1. The molecule has 9 heteroatoms. The van der Waals surface area contributed by atoms with E-state index in [1.54, 1.807) is 0 Å². The summed E-state index contributed by atoms with van der Waals surface area (Å²) < 4.78 is 23.9. The van der Waals surface area contributed by atoms with Crippen molar-refractivity contribution in [1.82, 2.24) is 5.32 Å². The Morgan fingerprint density at radius 2 is 0.779 bits per heavy atom. The van der Waals surface area contributed by atoms with Crippen molar-refractivity contribution in [2.45, 2.75) is 302 Å². The van der Waals surface area contributed by atoms with Gasteiger partial charge in [-0.05, 0) is 70.6 Å². The van der Waals surface area contributed by atoms with Crippen molar-refractivity contribution in [1.29, 1.82) is 0 Å². The average Bonchev–Trinajstić information content (AvgIpc) is 3.39. The number of likely N-dealkylation sites (N-methyl/N-ethyl adjacent to an activating group) is 1. The molecule has 0 fully saturated rings. The number of nitrogens with zero attached hydrogens (tertiary/aromatic N) is 1. The molecule has 0 bridgehead atoms. The minimum Gasteiger partial charge on any atom is -0.391 e. The van der Waals surface area contributed by atoms with Crippen LogP contribution in [0, 0.1) is 0 Å². The second-order valence-corrected chi connectivity index (χ2v) is 24.6. The Bertz CT molecular complexity index is 1530. The van der Waals surface area contributed by atoms with Crippen molar-refractivity contribution in [2.24, 2.45) is 0 Å². The number of nitrogens with one attached hydrogen (secondary N) is 1. The minimum atomic E-state index is -4.34. The van der Waals surface area contributed by atoms with E-state index in [2.05, 4.69) is 104 Å². The molecule has 0 aliphatic rings. The van der Waals surface area contributed by atoms with Crippen molar-refractivity contribution in [2.75, 3.05) is 40.9 Å². The first-order chi connectivity index (χ1) is 37.5. The van der Waals surface area contributed by atoms with Gasteiger partial charge >= 0.3 is 7.82 Å². The van der Waals surface area contributed by atoms with Gasteiger partial charge in [-0.2, -0.15) is 0 Å². The maximum atomic E-state index is 13.1. The number of aliphatic hydroxyl groups excluding tert-OH is 1. The number of phosphoric acid groups is 1. The fraction of sp³-hybridized carbons (Fsp3) is 0.779. The fourth-order valence-electron chi connectivity index (χ4n) is 9.38. The highest BCUT2D eigenvalue weighted by molar-refractivity contribution is 7.47. The first-order valence-electron chi connectivity index (χ1n) is 32.5. The molecule has 0 aromatic heterocycles. The predicted octanol–water partition coefficient (Wildman–Crippen LogP) is 20.4. The van der Waals surface area contributed by atoms with Gasteiger partial charge < -0.3 is 19.8 Å². The van der Waals surface area contributed by atoms with Crippen LogP contribution >= 0.6 is 7.82 Å². The molecule has 448 valence electrons. The molecule has 1 amide bonds. The van der Waals surface area contributed by atoms with Crippen LogP contribution in [0.15, 0.2) is 85.1 Å². The van der Waals surface area contributed by atoms with Crippen molar-refractivity contribution in [3.8, 4) is 0 Å². The molecule has 0 aliphatic carbocycles. The molecule has 3 N–H and O–H groups in total. The lowest BCUT2D eigenvalue weighted by Gasteiger charge is -2.26. The highest BCUT2D eigenvalue weighted by Gasteiger charge is 2.28. The van der Waals surface area contributed by atoms with Crippen molar-refractivity contribution in [3.63, 3.8) is 0 Å². The maximum Gasteiger partial charge on any atom is 0.472 e. The van der Waals surface area contributed by atoms with Crippen molar-refractivity contribution >= 4 is 13.7 Å². The lowest BCUT2D eigenvalue weighted by atomic mass is 10.0. The molecule has 3 unspecified atom stereocenters.